The summed E-state index contributed by atoms with van der Waals surface area (Å²) in [5.41, 5.74) is 3.64. The lowest BCUT2D eigenvalue weighted by molar-refractivity contribution is 0.849. The molecule has 1 aliphatic heterocycles. The largest absolute Gasteiger partial charge is 0.345 e. The van der Waals surface area contributed by atoms with Crippen LogP contribution < -0.4 is 4.90 Å². The number of hydrogen-bond acceptors (Lipinski definition) is 3. The molecule has 0 aliphatic carbocycles. The van der Waals surface area contributed by atoms with E-state index in [-0.39, 0.29) is 0 Å². The van der Waals surface area contributed by atoms with Crippen molar-refractivity contribution in [1.29, 1.82) is 0 Å². The number of benzene rings is 1. The zero-order chi connectivity index (χ0) is 12.8. The van der Waals surface area contributed by atoms with Crippen molar-refractivity contribution in [1.82, 2.24) is 14.4 Å². The molecule has 0 unspecified atom stereocenters. The zero-order valence-electron chi connectivity index (χ0n) is 10.1. The third-order valence-corrected chi connectivity index (χ3v) is 3.85. The van der Waals surface area contributed by atoms with Crippen LogP contribution in [0.15, 0.2) is 47.5 Å². The highest BCUT2D eigenvalue weighted by Crippen LogP contribution is 2.29. The number of hydrogen-bond donors (Lipinski definition) is 0. The highest BCUT2D eigenvalue weighted by atomic mass is 79.9. The van der Waals surface area contributed by atoms with Crippen molar-refractivity contribution >= 4 is 27.4 Å². The van der Waals surface area contributed by atoms with Gasteiger partial charge in [0.2, 0.25) is 0 Å². The summed E-state index contributed by atoms with van der Waals surface area (Å²) in [7, 11) is 0. The van der Waals surface area contributed by atoms with Gasteiger partial charge in [0.25, 0.3) is 0 Å². The molecule has 0 radical (unpaired) electrons. The number of fused-ring (bicyclic) bond motifs is 2. The van der Waals surface area contributed by atoms with Gasteiger partial charge in [-0.25, -0.2) is 9.97 Å². The molecule has 1 aromatic carbocycles. The molecule has 4 rings (SSSR count). The molecule has 94 valence electrons. The molecule has 19 heavy (non-hydrogen) atoms. The van der Waals surface area contributed by atoms with E-state index in [0.717, 1.165) is 29.2 Å². The van der Waals surface area contributed by atoms with Crippen LogP contribution in [0.25, 0.3) is 5.65 Å². The molecule has 0 N–H and O–H groups in total. The maximum absolute atomic E-state index is 4.60. The molecule has 0 spiro atoms. The van der Waals surface area contributed by atoms with Crippen LogP contribution in [-0.4, -0.2) is 14.4 Å². The topological polar surface area (TPSA) is 33.4 Å². The van der Waals surface area contributed by atoms with Crippen molar-refractivity contribution in [2.75, 3.05) is 4.90 Å². The van der Waals surface area contributed by atoms with Crippen molar-refractivity contribution in [3.8, 4) is 0 Å². The average Bonchev–Trinajstić information content (AvgIpc) is 3.03. The van der Waals surface area contributed by atoms with Gasteiger partial charge < -0.3 is 9.30 Å². The van der Waals surface area contributed by atoms with Gasteiger partial charge in [0.1, 0.15) is 4.60 Å². The Morgan fingerprint density at radius 2 is 1.84 bits per heavy atom. The summed E-state index contributed by atoms with van der Waals surface area (Å²) in [6, 6.07) is 8.52. The second-order valence-corrected chi connectivity index (χ2v) is 5.48. The Balaban J connectivity index is 1.83. The Labute approximate surface area is 118 Å². The van der Waals surface area contributed by atoms with Gasteiger partial charge in [0, 0.05) is 31.7 Å². The lowest BCUT2D eigenvalue weighted by Crippen LogP contribution is -2.17. The first-order chi connectivity index (χ1) is 9.31. The molecule has 2 aromatic heterocycles. The van der Waals surface area contributed by atoms with Gasteiger partial charge in [-0.1, -0.05) is 24.3 Å². The maximum atomic E-state index is 4.60. The van der Waals surface area contributed by atoms with Crippen LogP contribution in [0.5, 0.6) is 0 Å². The van der Waals surface area contributed by atoms with E-state index < -0.39 is 0 Å². The monoisotopic (exact) mass is 314 g/mol. The number of anilines is 1. The molecule has 0 saturated heterocycles. The summed E-state index contributed by atoms with van der Waals surface area (Å²) in [6.45, 7) is 1.78. The second-order valence-electron chi connectivity index (χ2n) is 4.67. The van der Waals surface area contributed by atoms with Crippen molar-refractivity contribution < 1.29 is 0 Å². The third kappa shape index (κ3) is 1.73. The summed E-state index contributed by atoms with van der Waals surface area (Å²) < 4.78 is 2.82. The summed E-state index contributed by atoms with van der Waals surface area (Å²) in [4.78, 5) is 11.3. The molecular weight excluding hydrogens is 304 g/mol. The molecule has 1 aliphatic rings. The maximum Gasteiger partial charge on any atom is 0.180 e. The van der Waals surface area contributed by atoms with Crippen LogP contribution in [0.4, 0.5) is 5.82 Å². The minimum Gasteiger partial charge on any atom is -0.345 e. The first kappa shape index (κ1) is 11.0. The van der Waals surface area contributed by atoms with Crippen LogP contribution in [0.2, 0.25) is 0 Å². The van der Waals surface area contributed by atoms with E-state index in [1.54, 1.807) is 6.20 Å². The number of aromatic nitrogens is 3. The van der Waals surface area contributed by atoms with Gasteiger partial charge in [0.05, 0.1) is 0 Å². The zero-order valence-corrected chi connectivity index (χ0v) is 11.7. The Kier molecular flexibility index (Phi) is 2.35. The van der Waals surface area contributed by atoms with Crippen molar-refractivity contribution in [2.24, 2.45) is 0 Å². The summed E-state index contributed by atoms with van der Waals surface area (Å²) in [6.07, 6.45) is 5.67. The lowest BCUT2D eigenvalue weighted by Gasteiger charge is -2.17. The smallest absolute Gasteiger partial charge is 0.180 e. The minimum atomic E-state index is 0.823. The van der Waals surface area contributed by atoms with E-state index in [1.165, 1.54) is 11.1 Å². The van der Waals surface area contributed by atoms with E-state index in [4.69, 9.17) is 0 Å². The minimum absolute atomic E-state index is 0.823. The average molecular weight is 315 g/mol. The predicted octanol–water partition coefficient (Wildman–Crippen LogP) is 3.01. The number of nitrogens with zero attached hydrogens (tertiary/aromatic N) is 4. The van der Waals surface area contributed by atoms with E-state index >= 15 is 0 Å². The molecule has 0 bridgehead atoms. The molecular formula is C14H11BrN4. The Bertz CT molecular complexity index is 740. The van der Waals surface area contributed by atoms with E-state index in [9.17, 15) is 0 Å². The molecule has 0 fully saturated rings. The van der Waals surface area contributed by atoms with Gasteiger partial charge in [-0.05, 0) is 27.1 Å². The van der Waals surface area contributed by atoms with Gasteiger partial charge >= 0.3 is 0 Å². The number of imidazole rings is 1. The molecule has 3 aromatic rings. The summed E-state index contributed by atoms with van der Waals surface area (Å²) >= 11 is 3.46. The molecule has 5 heteroatoms. The molecule has 0 saturated carbocycles. The van der Waals surface area contributed by atoms with Gasteiger partial charge in [0.15, 0.2) is 11.5 Å². The van der Waals surface area contributed by atoms with Crippen LogP contribution >= 0.6 is 15.9 Å². The second kappa shape index (κ2) is 4.06. The van der Waals surface area contributed by atoms with Crippen LogP contribution in [0.3, 0.4) is 0 Å². The number of rotatable bonds is 1. The van der Waals surface area contributed by atoms with E-state index in [2.05, 4.69) is 55.1 Å². The van der Waals surface area contributed by atoms with Crippen LogP contribution in [0.1, 0.15) is 11.1 Å². The molecule has 4 nitrogen and oxygen atoms in total. The molecule has 3 heterocycles. The van der Waals surface area contributed by atoms with Crippen molar-refractivity contribution in [3.05, 3.63) is 58.6 Å². The summed E-state index contributed by atoms with van der Waals surface area (Å²) in [5, 5.41) is 0. The normalized spacial score (nSPS) is 14.1. The fraction of sp³-hybridized carbons (Fsp3) is 0.143. The molecule has 0 atom stereocenters. The summed E-state index contributed by atoms with van der Waals surface area (Å²) in [5.74, 6) is 0.926. The fourth-order valence-electron chi connectivity index (χ4n) is 2.58. The highest BCUT2D eigenvalue weighted by Gasteiger charge is 2.22. The van der Waals surface area contributed by atoms with Crippen molar-refractivity contribution in [2.45, 2.75) is 13.1 Å². The van der Waals surface area contributed by atoms with Crippen LogP contribution in [-0.2, 0) is 13.1 Å². The quantitative estimate of drug-likeness (QED) is 0.692. The van der Waals surface area contributed by atoms with E-state index in [1.807, 2.05) is 16.8 Å². The lowest BCUT2D eigenvalue weighted by atomic mass is 10.1. The Hall–Kier alpha value is -1.88. The highest BCUT2D eigenvalue weighted by molar-refractivity contribution is 9.10. The van der Waals surface area contributed by atoms with Crippen molar-refractivity contribution in [3.63, 3.8) is 0 Å². The first-order valence-corrected chi connectivity index (χ1v) is 6.91. The Morgan fingerprint density at radius 1 is 1.11 bits per heavy atom. The fourth-order valence-corrected chi connectivity index (χ4v) is 2.97. The molecule has 0 amide bonds. The van der Waals surface area contributed by atoms with Crippen LogP contribution in [0, 0.1) is 0 Å². The van der Waals surface area contributed by atoms with E-state index in [0.29, 0.717) is 0 Å². The van der Waals surface area contributed by atoms with Gasteiger partial charge in [-0.3, -0.25) is 0 Å². The Morgan fingerprint density at radius 3 is 2.58 bits per heavy atom. The predicted molar refractivity (Wildman–Crippen MR) is 77.0 cm³/mol. The SMILES string of the molecule is Brc1cn2ccnc2c(N2Cc3ccccc3C2)n1. The van der Waals surface area contributed by atoms with Gasteiger partial charge in [-0.2, -0.15) is 0 Å². The van der Waals surface area contributed by atoms with Gasteiger partial charge in [-0.15, -0.1) is 0 Å². The standard InChI is InChI=1S/C14H11BrN4/c15-12-9-18-6-5-16-13(18)14(17-12)19-7-10-3-1-2-4-11(10)8-19/h1-6,9H,7-8H2. The number of halogens is 1. The first-order valence-electron chi connectivity index (χ1n) is 6.12. The third-order valence-electron chi connectivity index (χ3n) is 3.47.